The lowest BCUT2D eigenvalue weighted by atomic mass is 10.1. The van der Waals surface area contributed by atoms with Crippen molar-refractivity contribution in [3.8, 4) is 0 Å². The number of aliphatic imine (C=N–C) groups is 1. The maximum atomic E-state index is 5.76. The van der Waals surface area contributed by atoms with E-state index in [2.05, 4.69) is 30.4 Å². The maximum Gasteiger partial charge on any atom is 0.188 e. The smallest absolute Gasteiger partial charge is 0.188 e. The molecule has 0 aromatic carbocycles. The molecule has 0 aliphatic heterocycles. The van der Waals surface area contributed by atoms with Crippen LogP contribution < -0.4 is 11.1 Å². The highest BCUT2D eigenvalue weighted by Gasteiger charge is 1.95. The third kappa shape index (κ3) is 13.6. The second-order valence-electron chi connectivity index (χ2n) is 4.78. The Morgan fingerprint density at radius 1 is 1.24 bits per heavy atom. The molecule has 3 nitrogen and oxygen atoms in total. The number of thioether (sulfide) groups is 1. The van der Waals surface area contributed by atoms with E-state index in [1.807, 2.05) is 11.8 Å². The normalized spacial score (nSPS) is 12.1. The molecular formula is C13H29N3S. The van der Waals surface area contributed by atoms with Crippen LogP contribution in [0, 0.1) is 5.92 Å². The van der Waals surface area contributed by atoms with Gasteiger partial charge in [-0.2, -0.15) is 11.8 Å². The molecule has 0 saturated carbocycles. The van der Waals surface area contributed by atoms with E-state index in [-0.39, 0.29) is 0 Å². The first-order valence-corrected chi connectivity index (χ1v) is 8.09. The number of unbranched alkanes of at least 4 members (excludes halogenated alkanes) is 3. The molecule has 4 heteroatoms. The summed E-state index contributed by atoms with van der Waals surface area (Å²) in [6, 6.07) is 0. The standard InChI is InChI=1S/C13H29N3S/c1-12(2)8-10-16-13(14)15-9-6-4-5-7-11-17-3/h12H,4-11H2,1-3H3,(H3,14,15,16). The van der Waals surface area contributed by atoms with Gasteiger partial charge in [0, 0.05) is 13.1 Å². The molecule has 0 spiro atoms. The number of hydrogen-bond donors (Lipinski definition) is 2. The summed E-state index contributed by atoms with van der Waals surface area (Å²) < 4.78 is 0. The van der Waals surface area contributed by atoms with Crippen molar-refractivity contribution in [2.45, 2.75) is 46.0 Å². The van der Waals surface area contributed by atoms with E-state index >= 15 is 0 Å². The first-order valence-electron chi connectivity index (χ1n) is 6.69. The van der Waals surface area contributed by atoms with Crippen LogP contribution in [0.1, 0.15) is 46.0 Å². The van der Waals surface area contributed by atoms with Crippen LogP contribution in [0.25, 0.3) is 0 Å². The summed E-state index contributed by atoms with van der Waals surface area (Å²) in [5, 5.41) is 3.15. The highest BCUT2D eigenvalue weighted by molar-refractivity contribution is 7.98. The highest BCUT2D eigenvalue weighted by Crippen LogP contribution is 2.04. The number of nitrogens with one attached hydrogen (secondary N) is 1. The molecule has 0 rings (SSSR count). The zero-order valence-electron chi connectivity index (χ0n) is 11.7. The van der Waals surface area contributed by atoms with Crippen molar-refractivity contribution < 1.29 is 0 Å². The second-order valence-corrected chi connectivity index (χ2v) is 5.77. The van der Waals surface area contributed by atoms with E-state index in [9.17, 15) is 0 Å². The van der Waals surface area contributed by atoms with Crippen LogP contribution >= 0.6 is 11.8 Å². The molecule has 102 valence electrons. The third-order valence-electron chi connectivity index (χ3n) is 2.57. The Labute approximate surface area is 111 Å². The van der Waals surface area contributed by atoms with Crippen molar-refractivity contribution in [1.82, 2.24) is 5.32 Å². The number of guanidine groups is 1. The van der Waals surface area contributed by atoms with Crippen molar-refractivity contribution in [3.63, 3.8) is 0 Å². The van der Waals surface area contributed by atoms with Gasteiger partial charge in [0.25, 0.3) is 0 Å². The number of nitrogens with zero attached hydrogens (tertiary/aromatic N) is 1. The summed E-state index contributed by atoms with van der Waals surface area (Å²) in [4.78, 5) is 4.32. The van der Waals surface area contributed by atoms with Crippen LogP contribution in [0.15, 0.2) is 4.99 Å². The van der Waals surface area contributed by atoms with Gasteiger partial charge in [-0.15, -0.1) is 0 Å². The first kappa shape index (κ1) is 16.6. The third-order valence-corrected chi connectivity index (χ3v) is 3.26. The van der Waals surface area contributed by atoms with E-state index in [4.69, 9.17) is 5.73 Å². The zero-order chi connectivity index (χ0) is 12.9. The zero-order valence-corrected chi connectivity index (χ0v) is 12.5. The average molecular weight is 259 g/mol. The van der Waals surface area contributed by atoms with Crippen LogP contribution in [-0.2, 0) is 0 Å². The predicted octanol–water partition coefficient (Wildman–Crippen LogP) is 2.86. The number of nitrogens with two attached hydrogens (primary N) is 1. The molecule has 0 saturated heterocycles. The molecule has 0 aliphatic rings. The quantitative estimate of drug-likeness (QED) is 0.360. The molecule has 0 bridgehead atoms. The van der Waals surface area contributed by atoms with Gasteiger partial charge in [-0.3, -0.25) is 4.99 Å². The van der Waals surface area contributed by atoms with Crippen molar-refractivity contribution in [3.05, 3.63) is 0 Å². The molecule has 0 unspecified atom stereocenters. The minimum atomic E-state index is 0.606. The van der Waals surface area contributed by atoms with Crippen LogP contribution in [0.3, 0.4) is 0 Å². The van der Waals surface area contributed by atoms with E-state index in [0.29, 0.717) is 11.9 Å². The number of rotatable bonds is 10. The molecule has 0 aliphatic carbocycles. The summed E-state index contributed by atoms with van der Waals surface area (Å²) in [6.45, 7) is 6.22. The molecule has 0 heterocycles. The Kier molecular flexibility index (Phi) is 11.8. The Bertz CT molecular complexity index is 193. The fourth-order valence-corrected chi connectivity index (χ4v) is 1.95. The Balaban J connectivity index is 3.31. The minimum absolute atomic E-state index is 0.606. The van der Waals surface area contributed by atoms with Crippen LogP contribution in [0.4, 0.5) is 0 Å². The molecule has 3 N–H and O–H groups in total. The van der Waals surface area contributed by atoms with Gasteiger partial charge >= 0.3 is 0 Å². The molecule has 17 heavy (non-hydrogen) atoms. The van der Waals surface area contributed by atoms with Gasteiger partial charge < -0.3 is 11.1 Å². The molecule has 0 atom stereocenters. The monoisotopic (exact) mass is 259 g/mol. The van der Waals surface area contributed by atoms with Crippen LogP contribution in [0.2, 0.25) is 0 Å². The second kappa shape index (κ2) is 12.1. The van der Waals surface area contributed by atoms with Gasteiger partial charge in [-0.25, -0.2) is 0 Å². The fraction of sp³-hybridized carbons (Fsp3) is 0.923. The summed E-state index contributed by atoms with van der Waals surface area (Å²) in [6.07, 6.45) is 8.37. The summed E-state index contributed by atoms with van der Waals surface area (Å²) in [5.74, 6) is 2.60. The van der Waals surface area contributed by atoms with Gasteiger partial charge in [0.2, 0.25) is 0 Å². The van der Waals surface area contributed by atoms with Crippen LogP contribution in [-0.4, -0.2) is 31.1 Å². The highest BCUT2D eigenvalue weighted by atomic mass is 32.2. The lowest BCUT2D eigenvalue weighted by Crippen LogP contribution is -2.33. The average Bonchev–Trinajstić information content (AvgIpc) is 2.27. The van der Waals surface area contributed by atoms with E-state index in [0.717, 1.165) is 25.9 Å². The first-order chi connectivity index (χ1) is 8.16. The molecule has 0 amide bonds. The Hall–Kier alpha value is -0.380. The van der Waals surface area contributed by atoms with Crippen molar-refractivity contribution in [1.29, 1.82) is 0 Å². The maximum absolute atomic E-state index is 5.76. The summed E-state index contributed by atoms with van der Waals surface area (Å²) in [5.41, 5.74) is 5.76. The van der Waals surface area contributed by atoms with Gasteiger partial charge in [0.15, 0.2) is 5.96 Å². The molecule has 0 fully saturated rings. The van der Waals surface area contributed by atoms with E-state index in [1.165, 1.54) is 25.0 Å². The summed E-state index contributed by atoms with van der Waals surface area (Å²) in [7, 11) is 0. The van der Waals surface area contributed by atoms with Gasteiger partial charge in [-0.05, 0) is 37.2 Å². The van der Waals surface area contributed by atoms with Crippen LogP contribution in [0.5, 0.6) is 0 Å². The molecule has 0 aromatic heterocycles. The number of hydrogen-bond acceptors (Lipinski definition) is 2. The Morgan fingerprint density at radius 2 is 1.94 bits per heavy atom. The van der Waals surface area contributed by atoms with Gasteiger partial charge in [0.1, 0.15) is 0 Å². The van der Waals surface area contributed by atoms with Gasteiger partial charge in [0.05, 0.1) is 0 Å². The van der Waals surface area contributed by atoms with Crippen molar-refractivity contribution in [2.24, 2.45) is 16.6 Å². The largest absolute Gasteiger partial charge is 0.370 e. The summed E-state index contributed by atoms with van der Waals surface area (Å²) >= 11 is 1.92. The molecule has 0 radical (unpaired) electrons. The van der Waals surface area contributed by atoms with E-state index in [1.54, 1.807) is 0 Å². The predicted molar refractivity (Wildman–Crippen MR) is 80.8 cm³/mol. The SMILES string of the molecule is CSCCCCCCN=C(N)NCCC(C)C. The fourth-order valence-electron chi connectivity index (χ4n) is 1.46. The molecular weight excluding hydrogens is 230 g/mol. The Morgan fingerprint density at radius 3 is 2.59 bits per heavy atom. The van der Waals surface area contributed by atoms with Crippen molar-refractivity contribution >= 4 is 17.7 Å². The van der Waals surface area contributed by atoms with Crippen molar-refractivity contribution in [2.75, 3.05) is 25.1 Å². The minimum Gasteiger partial charge on any atom is -0.370 e. The molecule has 0 aromatic rings. The lowest BCUT2D eigenvalue weighted by molar-refractivity contribution is 0.576. The topological polar surface area (TPSA) is 50.4 Å². The van der Waals surface area contributed by atoms with Gasteiger partial charge in [-0.1, -0.05) is 26.7 Å². The lowest BCUT2D eigenvalue weighted by Gasteiger charge is -2.07. The van der Waals surface area contributed by atoms with E-state index < -0.39 is 0 Å².